The van der Waals surface area contributed by atoms with Gasteiger partial charge in [-0.1, -0.05) is 18.2 Å². The highest BCUT2D eigenvalue weighted by atomic mass is 16.5. The van der Waals surface area contributed by atoms with Gasteiger partial charge in [-0.15, -0.1) is 0 Å². The average Bonchev–Trinajstić information content (AvgIpc) is 2.37. The van der Waals surface area contributed by atoms with Crippen LogP contribution in [0.25, 0.3) is 6.08 Å². The average molecular weight is 277 g/mol. The van der Waals surface area contributed by atoms with Crippen LogP contribution in [-0.2, 0) is 16.0 Å². The highest BCUT2D eigenvalue weighted by molar-refractivity contribution is 5.73. The third kappa shape index (κ3) is 5.56. The Kier molecular flexibility index (Phi) is 6.29. The summed E-state index contributed by atoms with van der Waals surface area (Å²) >= 11 is 0. The molecule has 0 aromatic heterocycles. The summed E-state index contributed by atoms with van der Waals surface area (Å²) in [5.41, 5.74) is 1.55. The molecule has 5 nitrogen and oxygen atoms in total. The summed E-state index contributed by atoms with van der Waals surface area (Å²) < 4.78 is 5.23. The molecule has 108 valence electrons. The van der Waals surface area contributed by atoms with E-state index < -0.39 is 5.97 Å². The minimum absolute atomic E-state index is 0.0171. The molecule has 2 N–H and O–H groups in total. The lowest BCUT2D eigenvalue weighted by Gasteiger charge is -2.07. The maximum atomic E-state index is 10.7. The van der Waals surface area contributed by atoms with Crippen molar-refractivity contribution < 1.29 is 19.4 Å². The Morgan fingerprint density at radius 2 is 2.15 bits per heavy atom. The van der Waals surface area contributed by atoms with Crippen molar-refractivity contribution in [2.75, 3.05) is 13.7 Å². The zero-order valence-corrected chi connectivity index (χ0v) is 11.7. The van der Waals surface area contributed by atoms with Gasteiger partial charge in [-0.3, -0.25) is 9.59 Å². The number of carbonyl (C=O) groups excluding carboxylic acids is 1. The number of amides is 1. The Morgan fingerprint density at radius 1 is 1.40 bits per heavy atom. The van der Waals surface area contributed by atoms with Gasteiger partial charge in [-0.25, -0.2) is 0 Å². The maximum absolute atomic E-state index is 10.7. The summed E-state index contributed by atoms with van der Waals surface area (Å²) in [7, 11) is 1.57. The van der Waals surface area contributed by atoms with Gasteiger partial charge in [-0.05, 0) is 24.1 Å². The van der Waals surface area contributed by atoms with E-state index >= 15 is 0 Å². The van der Waals surface area contributed by atoms with E-state index in [0.717, 1.165) is 11.1 Å². The molecule has 1 rings (SSSR count). The number of nitrogens with one attached hydrogen (secondary N) is 1. The second kappa shape index (κ2) is 7.99. The Morgan fingerprint density at radius 3 is 2.75 bits per heavy atom. The van der Waals surface area contributed by atoms with E-state index in [1.807, 2.05) is 12.2 Å². The molecule has 1 aromatic carbocycles. The number of aliphatic carboxylic acids is 1. The van der Waals surface area contributed by atoms with Crippen LogP contribution in [-0.4, -0.2) is 30.6 Å². The summed E-state index contributed by atoms with van der Waals surface area (Å²) in [6.45, 7) is 2.05. The first kappa shape index (κ1) is 15.8. The van der Waals surface area contributed by atoms with Gasteiger partial charge in [-0.2, -0.15) is 0 Å². The molecule has 0 atom stereocenters. The molecule has 0 unspecified atom stereocenters. The Balaban J connectivity index is 2.72. The van der Waals surface area contributed by atoms with Crippen molar-refractivity contribution in [1.29, 1.82) is 0 Å². The standard InChI is InChI=1S/C15H19NO4/c1-11(17)16-8-4-3-5-13-9-12(10-15(18)19)6-7-14(13)20-2/h3,5-7,9H,4,8,10H2,1-2H3,(H,16,17)(H,18,19). The smallest absolute Gasteiger partial charge is 0.307 e. The van der Waals surface area contributed by atoms with E-state index in [2.05, 4.69) is 5.32 Å². The number of hydrogen-bond acceptors (Lipinski definition) is 3. The van der Waals surface area contributed by atoms with Gasteiger partial charge in [0.15, 0.2) is 0 Å². The van der Waals surface area contributed by atoms with Crippen LogP contribution in [0.3, 0.4) is 0 Å². The largest absolute Gasteiger partial charge is 0.496 e. The topological polar surface area (TPSA) is 75.6 Å². The SMILES string of the molecule is COc1ccc(CC(=O)O)cc1C=CCCNC(C)=O. The molecule has 0 aliphatic heterocycles. The van der Waals surface area contributed by atoms with Crippen LogP contribution in [0.1, 0.15) is 24.5 Å². The predicted octanol–water partition coefficient (Wildman–Crippen LogP) is 1.86. The zero-order chi connectivity index (χ0) is 15.0. The number of benzene rings is 1. The summed E-state index contributed by atoms with van der Waals surface area (Å²) in [5.74, 6) is -0.231. The fourth-order valence-corrected chi connectivity index (χ4v) is 1.74. The first-order chi connectivity index (χ1) is 9.52. The lowest BCUT2D eigenvalue weighted by atomic mass is 10.1. The molecule has 0 bridgehead atoms. The van der Waals surface area contributed by atoms with E-state index in [4.69, 9.17) is 9.84 Å². The molecule has 1 amide bonds. The molecule has 0 heterocycles. The molecule has 0 saturated carbocycles. The molecule has 0 aliphatic carbocycles. The van der Waals surface area contributed by atoms with Gasteiger partial charge >= 0.3 is 5.97 Å². The van der Waals surface area contributed by atoms with Crippen molar-refractivity contribution in [3.8, 4) is 5.75 Å². The van der Waals surface area contributed by atoms with Crippen LogP contribution in [0.2, 0.25) is 0 Å². The number of carboxylic acid groups (broad SMARTS) is 1. The minimum atomic E-state index is -0.865. The number of carbonyl (C=O) groups is 2. The van der Waals surface area contributed by atoms with Crippen molar-refractivity contribution >= 4 is 18.0 Å². The van der Waals surface area contributed by atoms with Crippen LogP contribution in [0.5, 0.6) is 5.75 Å². The van der Waals surface area contributed by atoms with Gasteiger partial charge in [0.2, 0.25) is 5.91 Å². The van der Waals surface area contributed by atoms with Gasteiger partial charge in [0.25, 0.3) is 0 Å². The second-order valence-electron chi connectivity index (χ2n) is 4.32. The molecule has 0 saturated heterocycles. The van der Waals surface area contributed by atoms with Gasteiger partial charge in [0, 0.05) is 19.0 Å². The molecular formula is C15H19NO4. The lowest BCUT2D eigenvalue weighted by molar-refractivity contribution is -0.136. The molecule has 1 aromatic rings. The van der Waals surface area contributed by atoms with Gasteiger partial charge < -0.3 is 15.2 Å². The fourth-order valence-electron chi connectivity index (χ4n) is 1.74. The first-order valence-corrected chi connectivity index (χ1v) is 6.32. The quantitative estimate of drug-likeness (QED) is 0.746. The van der Waals surface area contributed by atoms with E-state index in [1.54, 1.807) is 25.3 Å². The number of methoxy groups -OCH3 is 1. The molecular weight excluding hydrogens is 258 g/mol. The first-order valence-electron chi connectivity index (χ1n) is 6.32. The Hall–Kier alpha value is -2.30. The molecule has 20 heavy (non-hydrogen) atoms. The van der Waals surface area contributed by atoms with Crippen LogP contribution >= 0.6 is 0 Å². The molecule has 0 radical (unpaired) electrons. The predicted molar refractivity (Wildman–Crippen MR) is 76.7 cm³/mol. The fraction of sp³-hybridized carbons (Fsp3) is 0.333. The third-order valence-corrected chi connectivity index (χ3v) is 2.63. The van der Waals surface area contributed by atoms with Gasteiger partial charge in [0.1, 0.15) is 5.75 Å². The number of ether oxygens (including phenoxy) is 1. The summed E-state index contributed by atoms with van der Waals surface area (Å²) in [6, 6.07) is 5.29. The molecule has 0 fully saturated rings. The van der Waals surface area contributed by atoms with E-state index in [-0.39, 0.29) is 12.3 Å². The minimum Gasteiger partial charge on any atom is -0.496 e. The summed E-state index contributed by atoms with van der Waals surface area (Å²) in [5, 5.41) is 11.5. The van der Waals surface area contributed by atoms with Gasteiger partial charge in [0.05, 0.1) is 13.5 Å². The van der Waals surface area contributed by atoms with Crippen LogP contribution in [0.15, 0.2) is 24.3 Å². The summed E-state index contributed by atoms with van der Waals surface area (Å²) in [4.78, 5) is 21.4. The number of carboxylic acids is 1. The lowest BCUT2D eigenvalue weighted by Crippen LogP contribution is -2.20. The van der Waals surface area contributed by atoms with E-state index in [9.17, 15) is 9.59 Å². The monoisotopic (exact) mass is 277 g/mol. The Bertz CT molecular complexity index is 509. The van der Waals surface area contributed by atoms with Crippen LogP contribution < -0.4 is 10.1 Å². The Labute approximate surface area is 118 Å². The van der Waals surface area contributed by atoms with Crippen LogP contribution in [0.4, 0.5) is 0 Å². The van der Waals surface area contributed by atoms with E-state index in [0.29, 0.717) is 18.7 Å². The molecule has 5 heteroatoms. The van der Waals surface area contributed by atoms with Crippen molar-refractivity contribution in [2.45, 2.75) is 19.8 Å². The summed E-state index contributed by atoms with van der Waals surface area (Å²) in [6.07, 6.45) is 4.47. The van der Waals surface area contributed by atoms with Crippen molar-refractivity contribution in [3.05, 3.63) is 35.4 Å². The molecule has 0 spiro atoms. The van der Waals surface area contributed by atoms with Crippen molar-refractivity contribution in [1.82, 2.24) is 5.32 Å². The van der Waals surface area contributed by atoms with Crippen molar-refractivity contribution in [3.63, 3.8) is 0 Å². The number of hydrogen-bond donors (Lipinski definition) is 2. The maximum Gasteiger partial charge on any atom is 0.307 e. The van der Waals surface area contributed by atoms with E-state index in [1.165, 1.54) is 6.92 Å². The highest BCUT2D eigenvalue weighted by Crippen LogP contribution is 2.21. The van der Waals surface area contributed by atoms with Crippen molar-refractivity contribution in [2.24, 2.45) is 0 Å². The number of rotatable bonds is 7. The zero-order valence-electron chi connectivity index (χ0n) is 11.7. The van der Waals surface area contributed by atoms with Crippen LogP contribution in [0, 0.1) is 0 Å². The third-order valence-electron chi connectivity index (χ3n) is 2.63. The molecule has 0 aliphatic rings. The normalized spacial score (nSPS) is 10.5. The highest BCUT2D eigenvalue weighted by Gasteiger charge is 2.05. The second-order valence-corrected chi connectivity index (χ2v) is 4.32.